The highest BCUT2D eigenvalue weighted by Gasteiger charge is 2.22. The van der Waals surface area contributed by atoms with Gasteiger partial charge in [0, 0.05) is 24.0 Å². The third kappa shape index (κ3) is 2.45. The first kappa shape index (κ1) is 12.4. The topological polar surface area (TPSA) is 60.2 Å². The molecule has 16 heavy (non-hydrogen) atoms. The summed E-state index contributed by atoms with van der Waals surface area (Å²) >= 11 is 0. The highest BCUT2D eigenvalue weighted by molar-refractivity contribution is 5.86. The first-order valence-electron chi connectivity index (χ1n) is 5.25. The van der Waals surface area contributed by atoms with E-state index in [4.69, 9.17) is 0 Å². The predicted octanol–water partition coefficient (Wildman–Crippen LogP) is 2.99. The minimum Gasteiger partial charge on any atom is -0.299 e. The van der Waals surface area contributed by atoms with Crippen molar-refractivity contribution in [1.82, 2.24) is 0 Å². The molecule has 0 saturated heterocycles. The summed E-state index contributed by atoms with van der Waals surface area (Å²) in [7, 11) is 0. The third-order valence-electron chi connectivity index (χ3n) is 2.68. The van der Waals surface area contributed by atoms with Crippen LogP contribution in [0.5, 0.6) is 0 Å². The SMILES string of the molecule is CCC(=O)C(C)c1cc(C)ccc1[N+](=O)[O-]. The van der Waals surface area contributed by atoms with Crippen molar-refractivity contribution in [2.45, 2.75) is 33.1 Å². The summed E-state index contributed by atoms with van der Waals surface area (Å²) in [5.74, 6) is -0.390. The van der Waals surface area contributed by atoms with E-state index in [0.29, 0.717) is 12.0 Å². The Morgan fingerprint density at radius 1 is 1.50 bits per heavy atom. The predicted molar refractivity (Wildman–Crippen MR) is 61.5 cm³/mol. The Bertz CT molecular complexity index is 426. The smallest absolute Gasteiger partial charge is 0.273 e. The molecule has 1 rings (SSSR count). The number of carbonyl (C=O) groups excluding carboxylic acids is 1. The Hall–Kier alpha value is -1.71. The van der Waals surface area contributed by atoms with Crippen LogP contribution in [-0.4, -0.2) is 10.7 Å². The van der Waals surface area contributed by atoms with E-state index in [-0.39, 0.29) is 11.5 Å². The largest absolute Gasteiger partial charge is 0.299 e. The molecule has 1 unspecified atom stereocenters. The Morgan fingerprint density at radius 2 is 2.12 bits per heavy atom. The van der Waals surface area contributed by atoms with Gasteiger partial charge in [0.1, 0.15) is 5.78 Å². The van der Waals surface area contributed by atoms with Crippen LogP contribution in [0.4, 0.5) is 5.69 Å². The Morgan fingerprint density at radius 3 is 2.62 bits per heavy atom. The van der Waals surface area contributed by atoms with Crippen LogP contribution in [0.3, 0.4) is 0 Å². The third-order valence-corrected chi connectivity index (χ3v) is 2.68. The lowest BCUT2D eigenvalue weighted by molar-refractivity contribution is -0.385. The fourth-order valence-corrected chi connectivity index (χ4v) is 1.67. The molecule has 0 bridgehead atoms. The number of hydrogen-bond donors (Lipinski definition) is 0. The van der Waals surface area contributed by atoms with Crippen molar-refractivity contribution in [2.24, 2.45) is 0 Å². The molecule has 0 radical (unpaired) electrons. The fraction of sp³-hybridized carbons (Fsp3) is 0.417. The lowest BCUT2D eigenvalue weighted by Crippen LogP contribution is -2.10. The summed E-state index contributed by atoms with van der Waals surface area (Å²) < 4.78 is 0. The molecule has 0 aliphatic carbocycles. The molecule has 1 aromatic rings. The second-order valence-electron chi connectivity index (χ2n) is 3.86. The maximum atomic E-state index is 11.6. The van der Waals surface area contributed by atoms with Gasteiger partial charge in [-0.05, 0) is 13.0 Å². The normalized spacial score (nSPS) is 12.2. The highest BCUT2D eigenvalue weighted by atomic mass is 16.6. The molecule has 0 aromatic heterocycles. The van der Waals surface area contributed by atoms with Gasteiger partial charge >= 0.3 is 0 Å². The number of nitro groups is 1. The van der Waals surface area contributed by atoms with Gasteiger partial charge in [0.2, 0.25) is 0 Å². The molecule has 0 aliphatic heterocycles. The Kier molecular flexibility index (Phi) is 3.77. The van der Waals surface area contributed by atoms with E-state index in [0.717, 1.165) is 5.56 Å². The minimum atomic E-state index is -0.436. The van der Waals surface area contributed by atoms with E-state index in [1.54, 1.807) is 26.0 Å². The van der Waals surface area contributed by atoms with Gasteiger partial charge < -0.3 is 0 Å². The van der Waals surface area contributed by atoms with E-state index in [1.807, 2.05) is 6.92 Å². The lowest BCUT2D eigenvalue weighted by atomic mass is 9.92. The number of nitro benzene ring substituents is 1. The van der Waals surface area contributed by atoms with Crippen LogP contribution >= 0.6 is 0 Å². The average Bonchev–Trinajstić information content (AvgIpc) is 2.26. The van der Waals surface area contributed by atoms with E-state index in [2.05, 4.69) is 0 Å². The van der Waals surface area contributed by atoms with Gasteiger partial charge in [-0.15, -0.1) is 0 Å². The van der Waals surface area contributed by atoms with Gasteiger partial charge in [-0.2, -0.15) is 0 Å². The number of hydrogen-bond acceptors (Lipinski definition) is 3. The highest BCUT2D eigenvalue weighted by Crippen LogP contribution is 2.28. The van der Waals surface area contributed by atoms with Gasteiger partial charge in [0.05, 0.1) is 4.92 Å². The van der Waals surface area contributed by atoms with Crippen LogP contribution in [0.1, 0.15) is 37.3 Å². The standard InChI is InChI=1S/C12H15NO3/c1-4-12(14)9(3)10-7-8(2)5-6-11(10)13(15)16/h5-7,9H,4H2,1-3H3. The van der Waals surface area contributed by atoms with E-state index >= 15 is 0 Å². The van der Waals surface area contributed by atoms with Crippen molar-refractivity contribution in [3.63, 3.8) is 0 Å². The van der Waals surface area contributed by atoms with Crippen LogP contribution in [0.15, 0.2) is 18.2 Å². The average molecular weight is 221 g/mol. The summed E-state index contributed by atoms with van der Waals surface area (Å²) in [6.07, 6.45) is 0.395. The Balaban J connectivity index is 3.24. The van der Waals surface area contributed by atoms with Crippen molar-refractivity contribution in [1.29, 1.82) is 0 Å². The summed E-state index contributed by atoms with van der Waals surface area (Å²) in [6, 6.07) is 4.87. The zero-order valence-corrected chi connectivity index (χ0v) is 9.69. The van der Waals surface area contributed by atoms with Crippen LogP contribution in [0, 0.1) is 17.0 Å². The van der Waals surface area contributed by atoms with Crippen LogP contribution in [-0.2, 0) is 4.79 Å². The number of Topliss-reactive ketones (excluding diaryl/α,β-unsaturated/α-hetero) is 1. The number of benzene rings is 1. The molecule has 0 amide bonds. The minimum absolute atomic E-state index is 0.0219. The molecule has 4 heteroatoms. The molecular weight excluding hydrogens is 206 g/mol. The van der Waals surface area contributed by atoms with Gasteiger partial charge in [-0.1, -0.05) is 25.5 Å². The number of ketones is 1. The number of carbonyl (C=O) groups is 1. The fourth-order valence-electron chi connectivity index (χ4n) is 1.67. The van der Waals surface area contributed by atoms with Crippen LogP contribution in [0.2, 0.25) is 0 Å². The molecule has 0 spiro atoms. The first-order valence-corrected chi connectivity index (χ1v) is 5.25. The summed E-state index contributed by atoms with van der Waals surface area (Å²) in [4.78, 5) is 22.0. The molecule has 0 saturated carbocycles. The van der Waals surface area contributed by atoms with Crippen molar-refractivity contribution in [2.75, 3.05) is 0 Å². The van der Waals surface area contributed by atoms with Crippen molar-refractivity contribution in [3.8, 4) is 0 Å². The summed E-state index contributed by atoms with van der Waals surface area (Å²) in [6.45, 7) is 5.34. The number of aryl methyl sites for hydroxylation is 1. The van der Waals surface area contributed by atoms with Crippen molar-refractivity contribution in [3.05, 3.63) is 39.4 Å². The quantitative estimate of drug-likeness (QED) is 0.580. The van der Waals surface area contributed by atoms with Crippen LogP contribution < -0.4 is 0 Å². The molecule has 4 nitrogen and oxygen atoms in total. The summed E-state index contributed by atoms with van der Waals surface area (Å²) in [5, 5.41) is 10.8. The molecule has 1 atom stereocenters. The second-order valence-corrected chi connectivity index (χ2v) is 3.86. The molecule has 0 N–H and O–H groups in total. The van der Waals surface area contributed by atoms with Crippen molar-refractivity contribution >= 4 is 11.5 Å². The molecule has 0 heterocycles. The monoisotopic (exact) mass is 221 g/mol. The lowest BCUT2D eigenvalue weighted by Gasteiger charge is -2.10. The van der Waals surface area contributed by atoms with Gasteiger partial charge in [-0.3, -0.25) is 14.9 Å². The molecule has 0 aliphatic rings. The summed E-state index contributed by atoms with van der Waals surface area (Å²) in [5.41, 5.74) is 1.47. The molecule has 0 fully saturated rings. The molecule has 1 aromatic carbocycles. The Labute approximate surface area is 94.4 Å². The maximum Gasteiger partial charge on any atom is 0.273 e. The second kappa shape index (κ2) is 4.88. The number of rotatable bonds is 4. The molecule has 86 valence electrons. The van der Waals surface area contributed by atoms with Gasteiger partial charge in [-0.25, -0.2) is 0 Å². The van der Waals surface area contributed by atoms with E-state index in [9.17, 15) is 14.9 Å². The van der Waals surface area contributed by atoms with Gasteiger partial charge in [0.15, 0.2) is 0 Å². The van der Waals surface area contributed by atoms with Crippen LogP contribution in [0.25, 0.3) is 0 Å². The first-order chi connectivity index (χ1) is 7.47. The van der Waals surface area contributed by atoms with E-state index in [1.165, 1.54) is 6.07 Å². The van der Waals surface area contributed by atoms with Crippen molar-refractivity contribution < 1.29 is 9.72 Å². The van der Waals surface area contributed by atoms with E-state index < -0.39 is 10.8 Å². The zero-order valence-electron chi connectivity index (χ0n) is 9.69. The molecular formula is C12H15NO3. The maximum absolute atomic E-state index is 11.6. The van der Waals surface area contributed by atoms with Gasteiger partial charge in [0.25, 0.3) is 5.69 Å². The number of nitrogens with zero attached hydrogens (tertiary/aromatic N) is 1. The zero-order chi connectivity index (χ0) is 12.3.